The molecule has 0 saturated carbocycles. The van der Waals surface area contributed by atoms with Crippen molar-refractivity contribution in [2.75, 3.05) is 0 Å². The maximum atomic E-state index is 12.9. The van der Waals surface area contributed by atoms with Crippen LogP contribution in [0.5, 0.6) is 17.2 Å². The van der Waals surface area contributed by atoms with Gasteiger partial charge in [0, 0.05) is 18.8 Å². The van der Waals surface area contributed by atoms with Crippen molar-refractivity contribution >= 4 is 11.6 Å². The lowest BCUT2D eigenvalue weighted by atomic mass is 10.2. The molecular formula is C21H17ClF3NO3. The molecule has 3 rings (SSSR count). The molecule has 8 heteroatoms. The van der Waals surface area contributed by atoms with Gasteiger partial charge in [0.1, 0.15) is 23.9 Å². The molecule has 0 bridgehead atoms. The highest BCUT2D eigenvalue weighted by molar-refractivity contribution is 6.31. The second-order valence-corrected chi connectivity index (χ2v) is 6.57. The summed E-state index contributed by atoms with van der Waals surface area (Å²) >= 11 is 5.61. The van der Waals surface area contributed by atoms with Crippen LogP contribution in [-0.4, -0.2) is 4.57 Å². The maximum Gasteiger partial charge on any atom is 0.417 e. The van der Waals surface area contributed by atoms with Gasteiger partial charge >= 0.3 is 6.18 Å². The Labute approximate surface area is 170 Å². The van der Waals surface area contributed by atoms with Gasteiger partial charge in [-0.2, -0.15) is 13.2 Å². The summed E-state index contributed by atoms with van der Waals surface area (Å²) in [5.74, 6) is 0.859. The van der Waals surface area contributed by atoms with Gasteiger partial charge in [-0.3, -0.25) is 4.79 Å². The van der Waals surface area contributed by atoms with Crippen molar-refractivity contribution < 1.29 is 22.6 Å². The van der Waals surface area contributed by atoms with Crippen molar-refractivity contribution in [1.82, 2.24) is 4.57 Å². The minimum Gasteiger partial charge on any atom is -0.489 e. The summed E-state index contributed by atoms with van der Waals surface area (Å²) in [6.45, 7) is 2.69. The zero-order chi connectivity index (χ0) is 21.0. The highest BCUT2D eigenvalue weighted by Gasteiger charge is 2.33. The van der Waals surface area contributed by atoms with E-state index in [9.17, 15) is 18.0 Å². The largest absolute Gasteiger partial charge is 0.489 e. The lowest BCUT2D eigenvalue weighted by Gasteiger charge is -2.12. The third kappa shape index (κ3) is 5.32. The predicted octanol–water partition coefficient (Wildman–Crippen LogP) is 5.91. The monoisotopic (exact) mass is 423 g/mol. The number of ether oxygens (including phenoxy) is 2. The van der Waals surface area contributed by atoms with Crippen molar-refractivity contribution in [3.63, 3.8) is 0 Å². The van der Waals surface area contributed by atoms with Crippen LogP contribution in [0.3, 0.4) is 0 Å². The van der Waals surface area contributed by atoms with E-state index >= 15 is 0 Å². The van der Waals surface area contributed by atoms with Crippen molar-refractivity contribution in [3.05, 3.63) is 87.3 Å². The Morgan fingerprint density at radius 2 is 1.66 bits per heavy atom. The first-order chi connectivity index (χ1) is 13.8. The van der Waals surface area contributed by atoms with Gasteiger partial charge in [0.15, 0.2) is 0 Å². The molecule has 0 spiro atoms. The van der Waals surface area contributed by atoms with E-state index in [2.05, 4.69) is 0 Å². The van der Waals surface area contributed by atoms with Crippen molar-refractivity contribution in [2.24, 2.45) is 0 Å². The SMILES string of the molecule is CCn1ccc(OCc2ccc(Oc3ccc(Cl)c(C(F)(F)F)c3)cc2)cc1=O. The molecule has 1 aromatic heterocycles. The molecule has 1 heterocycles. The molecule has 2 aromatic carbocycles. The number of aryl methyl sites for hydroxylation is 1. The Kier molecular flexibility index (Phi) is 6.17. The average molecular weight is 424 g/mol. The smallest absolute Gasteiger partial charge is 0.417 e. The van der Waals surface area contributed by atoms with E-state index < -0.39 is 11.7 Å². The Balaban J connectivity index is 1.65. The quantitative estimate of drug-likeness (QED) is 0.494. The van der Waals surface area contributed by atoms with E-state index in [1.165, 1.54) is 12.1 Å². The molecule has 0 fully saturated rings. The predicted molar refractivity (Wildman–Crippen MR) is 104 cm³/mol. The number of aromatic nitrogens is 1. The number of benzene rings is 2. The number of nitrogens with zero attached hydrogens (tertiary/aromatic N) is 1. The fourth-order valence-electron chi connectivity index (χ4n) is 2.58. The van der Waals surface area contributed by atoms with Crippen LogP contribution in [-0.2, 0) is 19.3 Å². The summed E-state index contributed by atoms with van der Waals surface area (Å²) in [6.07, 6.45) is -2.90. The fraction of sp³-hybridized carbons (Fsp3) is 0.190. The van der Waals surface area contributed by atoms with Crippen LogP contribution >= 0.6 is 11.6 Å². The zero-order valence-corrected chi connectivity index (χ0v) is 16.1. The second kappa shape index (κ2) is 8.61. The van der Waals surface area contributed by atoms with Crippen molar-refractivity contribution in [3.8, 4) is 17.2 Å². The maximum absolute atomic E-state index is 12.9. The van der Waals surface area contributed by atoms with Crippen LogP contribution in [0, 0.1) is 0 Å². The summed E-state index contributed by atoms with van der Waals surface area (Å²) in [5.41, 5.74) is -0.286. The van der Waals surface area contributed by atoms with Crippen LogP contribution in [0.2, 0.25) is 5.02 Å². The summed E-state index contributed by atoms with van der Waals surface area (Å²) in [4.78, 5) is 11.8. The normalized spacial score (nSPS) is 11.3. The topological polar surface area (TPSA) is 40.5 Å². The van der Waals surface area contributed by atoms with Gasteiger partial charge in [0.05, 0.1) is 10.6 Å². The van der Waals surface area contributed by atoms with Gasteiger partial charge in [0.25, 0.3) is 5.56 Å². The summed E-state index contributed by atoms with van der Waals surface area (Å²) in [6, 6.07) is 13.2. The molecule has 3 aromatic rings. The lowest BCUT2D eigenvalue weighted by molar-refractivity contribution is -0.137. The van der Waals surface area contributed by atoms with E-state index in [1.807, 2.05) is 6.92 Å². The third-order valence-electron chi connectivity index (χ3n) is 4.12. The lowest BCUT2D eigenvalue weighted by Crippen LogP contribution is -2.17. The minimum absolute atomic E-state index is 0.0298. The van der Waals surface area contributed by atoms with Gasteiger partial charge in [-0.25, -0.2) is 0 Å². The molecular weight excluding hydrogens is 407 g/mol. The van der Waals surface area contributed by atoms with Gasteiger partial charge in [-0.05, 0) is 48.9 Å². The highest BCUT2D eigenvalue weighted by Crippen LogP contribution is 2.37. The molecule has 4 nitrogen and oxygen atoms in total. The van der Waals surface area contributed by atoms with E-state index in [1.54, 1.807) is 41.1 Å². The first kappa shape index (κ1) is 20.8. The Bertz CT molecular complexity index is 1050. The molecule has 0 aliphatic rings. The van der Waals surface area contributed by atoms with Gasteiger partial charge in [0.2, 0.25) is 0 Å². The summed E-state index contributed by atoms with van der Waals surface area (Å²) in [7, 11) is 0. The van der Waals surface area contributed by atoms with E-state index in [4.69, 9.17) is 21.1 Å². The third-order valence-corrected chi connectivity index (χ3v) is 4.45. The zero-order valence-electron chi connectivity index (χ0n) is 15.4. The van der Waals surface area contributed by atoms with Crippen LogP contribution in [0.25, 0.3) is 0 Å². The second-order valence-electron chi connectivity index (χ2n) is 6.16. The van der Waals surface area contributed by atoms with E-state index in [0.29, 0.717) is 18.0 Å². The van der Waals surface area contributed by atoms with Crippen LogP contribution in [0.1, 0.15) is 18.1 Å². The van der Waals surface area contributed by atoms with E-state index in [-0.39, 0.29) is 22.9 Å². The van der Waals surface area contributed by atoms with Crippen molar-refractivity contribution in [2.45, 2.75) is 26.3 Å². The molecule has 0 atom stereocenters. The van der Waals surface area contributed by atoms with Gasteiger partial charge < -0.3 is 14.0 Å². The number of alkyl halides is 3. The molecule has 0 saturated heterocycles. The molecule has 0 unspecified atom stereocenters. The Morgan fingerprint density at radius 1 is 0.966 bits per heavy atom. The number of rotatable bonds is 6. The van der Waals surface area contributed by atoms with Crippen LogP contribution in [0.4, 0.5) is 13.2 Å². The minimum atomic E-state index is -4.56. The molecule has 0 N–H and O–H groups in total. The summed E-state index contributed by atoms with van der Waals surface area (Å²) in [5, 5.41) is -0.385. The number of hydrogen-bond acceptors (Lipinski definition) is 3. The van der Waals surface area contributed by atoms with Gasteiger partial charge in [-0.1, -0.05) is 23.7 Å². The highest BCUT2D eigenvalue weighted by atomic mass is 35.5. The standard InChI is InChI=1S/C21H17ClF3NO3/c1-2-26-10-9-16(12-20(26)27)28-13-14-3-5-15(6-4-14)29-17-7-8-19(22)18(11-17)21(23,24)25/h3-12H,2,13H2,1H3. The summed E-state index contributed by atoms with van der Waals surface area (Å²) < 4.78 is 51.5. The molecule has 0 aliphatic heterocycles. The average Bonchev–Trinajstić information content (AvgIpc) is 2.68. The molecule has 29 heavy (non-hydrogen) atoms. The van der Waals surface area contributed by atoms with Crippen molar-refractivity contribution in [1.29, 1.82) is 0 Å². The number of halogens is 4. The van der Waals surface area contributed by atoms with E-state index in [0.717, 1.165) is 17.7 Å². The number of pyridine rings is 1. The first-order valence-electron chi connectivity index (χ1n) is 8.73. The van der Waals surface area contributed by atoms with Crippen LogP contribution in [0.15, 0.2) is 65.6 Å². The molecule has 0 radical (unpaired) electrons. The Morgan fingerprint density at radius 3 is 2.28 bits per heavy atom. The van der Waals surface area contributed by atoms with Gasteiger partial charge in [-0.15, -0.1) is 0 Å². The number of hydrogen-bond donors (Lipinski definition) is 0. The molecule has 0 amide bonds. The van der Waals surface area contributed by atoms with Crippen LogP contribution < -0.4 is 15.0 Å². The Hall–Kier alpha value is -2.93. The molecule has 152 valence electrons. The molecule has 0 aliphatic carbocycles. The fourth-order valence-corrected chi connectivity index (χ4v) is 2.81. The first-order valence-corrected chi connectivity index (χ1v) is 9.11.